The van der Waals surface area contributed by atoms with Crippen LogP contribution >= 0.6 is 0 Å². The molecular formula is C14H26N2O2. The van der Waals surface area contributed by atoms with Gasteiger partial charge in [-0.1, -0.05) is 33.1 Å². The van der Waals surface area contributed by atoms with Crippen LogP contribution in [0.4, 0.5) is 0 Å². The molecule has 1 aliphatic rings. The quantitative estimate of drug-likeness (QED) is 0.815. The number of carbonyl (C=O) groups is 2. The van der Waals surface area contributed by atoms with Crippen molar-refractivity contribution in [3.8, 4) is 0 Å². The maximum Gasteiger partial charge on any atom is 0.239 e. The second kappa shape index (κ2) is 7.39. The van der Waals surface area contributed by atoms with Gasteiger partial charge < -0.3 is 10.2 Å². The van der Waals surface area contributed by atoms with Crippen molar-refractivity contribution >= 4 is 11.8 Å². The molecule has 4 heteroatoms. The molecule has 1 aliphatic carbocycles. The van der Waals surface area contributed by atoms with E-state index in [1.807, 2.05) is 0 Å². The van der Waals surface area contributed by atoms with Crippen molar-refractivity contribution in [3.63, 3.8) is 0 Å². The number of amides is 2. The standard InChI is InChI=1S/C14H26N2O2/c1-11(2)9-16(12(3)17)10-14(18)15-13-7-5-4-6-8-13/h11,13H,4-10H2,1-3H3,(H,15,18). The van der Waals surface area contributed by atoms with E-state index in [9.17, 15) is 9.59 Å². The summed E-state index contributed by atoms with van der Waals surface area (Å²) < 4.78 is 0. The molecule has 0 aromatic carbocycles. The molecule has 1 saturated carbocycles. The summed E-state index contributed by atoms with van der Waals surface area (Å²) in [5, 5.41) is 3.04. The van der Waals surface area contributed by atoms with Crippen LogP contribution in [0.25, 0.3) is 0 Å². The Morgan fingerprint density at radius 2 is 1.83 bits per heavy atom. The number of nitrogens with zero attached hydrogens (tertiary/aromatic N) is 1. The summed E-state index contributed by atoms with van der Waals surface area (Å²) in [6.07, 6.45) is 5.84. The molecule has 1 N–H and O–H groups in total. The number of carbonyl (C=O) groups excluding carboxylic acids is 2. The highest BCUT2D eigenvalue weighted by Gasteiger charge is 2.19. The predicted molar refractivity (Wildman–Crippen MR) is 72.1 cm³/mol. The van der Waals surface area contributed by atoms with Gasteiger partial charge in [0.25, 0.3) is 0 Å². The Labute approximate surface area is 110 Å². The summed E-state index contributed by atoms with van der Waals surface area (Å²) in [5.41, 5.74) is 0. The van der Waals surface area contributed by atoms with E-state index >= 15 is 0 Å². The molecule has 1 rings (SSSR count). The molecule has 0 radical (unpaired) electrons. The molecule has 0 aliphatic heterocycles. The highest BCUT2D eigenvalue weighted by molar-refractivity contribution is 5.83. The minimum absolute atomic E-state index is 0.0160. The molecule has 0 unspecified atom stereocenters. The van der Waals surface area contributed by atoms with Crippen LogP contribution in [0.5, 0.6) is 0 Å². The molecule has 4 nitrogen and oxygen atoms in total. The average Bonchev–Trinajstić information content (AvgIpc) is 2.28. The van der Waals surface area contributed by atoms with Gasteiger partial charge in [0.2, 0.25) is 11.8 Å². The Bertz CT molecular complexity index is 284. The largest absolute Gasteiger partial charge is 0.352 e. The van der Waals surface area contributed by atoms with Crippen LogP contribution in [0, 0.1) is 5.92 Å². The number of hydrogen-bond donors (Lipinski definition) is 1. The minimum atomic E-state index is -0.0255. The zero-order chi connectivity index (χ0) is 13.5. The molecule has 0 atom stereocenters. The molecule has 0 heterocycles. The smallest absolute Gasteiger partial charge is 0.239 e. The number of nitrogens with one attached hydrogen (secondary N) is 1. The fourth-order valence-corrected chi connectivity index (χ4v) is 2.44. The van der Waals surface area contributed by atoms with E-state index in [0.717, 1.165) is 12.8 Å². The first kappa shape index (κ1) is 15.0. The van der Waals surface area contributed by atoms with Gasteiger partial charge in [-0.05, 0) is 18.8 Å². The van der Waals surface area contributed by atoms with Crippen molar-refractivity contribution in [2.75, 3.05) is 13.1 Å². The van der Waals surface area contributed by atoms with Crippen LogP contribution < -0.4 is 5.32 Å². The molecular weight excluding hydrogens is 228 g/mol. The van der Waals surface area contributed by atoms with Crippen molar-refractivity contribution in [2.24, 2.45) is 5.92 Å². The summed E-state index contributed by atoms with van der Waals surface area (Å²) in [5.74, 6) is 0.344. The van der Waals surface area contributed by atoms with Crippen molar-refractivity contribution in [1.82, 2.24) is 10.2 Å². The van der Waals surface area contributed by atoms with Crippen molar-refractivity contribution in [1.29, 1.82) is 0 Å². The van der Waals surface area contributed by atoms with Gasteiger partial charge in [-0.3, -0.25) is 9.59 Å². The van der Waals surface area contributed by atoms with Gasteiger partial charge in [-0.25, -0.2) is 0 Å². The van der Waals surface area contributed by atoms with Gasteiger partial charge in [0.05, 0.1) is 6.54 Å². The third kappa shape index (κ3) is 5.52. The Morgan fingerprint density at radius 1 is 1.22 bits per heavy atom. The second-order valence-electron chi connectivity index (χ2n) is 5.70. The summed E-state index contributed by atoms with van der Waals surface area (Å²) in [6, 6.07) is 0.319. The van der Waals surface area contributed by atoms with Gasteiger partial charge in [-0.15, -0.1) is 0 Å². The van der Waals surface area contributed by atoms with Gasteiger partial charge in [0.1, 0.15) is 0 Å². The lowest BCUT2D eigenvalue weighted by Crippen LogP contribution is -2.45. The molecule has 104 valence electrons. The molecule has 0 saturated heterocycles. The van der Waals surface area contributed by atoms with Crippen LogP contribution in [0.3, 0.4) is 0 Å². The summed E-state index contributed by atoms with van der Waals surface area (Å²) in [7, 11) is 0. The van der Waals surface area contributed by atoms with E-state index in [2.05, 4.69) is 19.2 Å². The third-order valence-electron chi connectivity index (χ3n) is 3.34. The molecule has 0 aromatic rings. The van der Waals surface area contributed by atoms with E-state index < -0.39 is 0 Å². The fourth-order valence-electron chi connectivity index (χ4n) is 2.44. The SMILES string of the molecule is CC(=O)N(CC(=O)NC1CCCCC1)CC(C)C. The highest BCUT2D eigenvalue weighted by Crippen LogP contribution is 2.17. The van der Waals surface area contributed by atoms with Gasteiger partial charge >= 0.3 is 0 Å². The molecule has 18 heavy (non-hydrogen) atoms. The summed E-state index contributed by atoms with van der Waals surface area (Å²) >= 11 is 0. The normalized spacial score (nSPS) is 16.7. The molecule has 0 aromatic heterocycles. The van der Waals surface area contributed by atoms with E-state index in [4.69, 9.17) is 0 Å². The average molecular weight is 254 g/mol. The Morgan fingerprint density at radius 3 is 2.33 bits per heavy atom. The van der Waals surface area contributed by atoms with Gasteiger partial charge in [-0.2, -0.15) is 0 Å². The predicted octanol–water partition coefficient (Wildman–Crippen LogP) is 1.94. The lowest BCUT2D eigenvalue weighted by molar-refractivity contribution is -0.135. The second-order valence-corrected chi connectivity index (χ2v) is 5.70. The zero-order valence-corrected chi connectivity index (χ0v) is 11.9. The van der Waals surface area contributed by atoms with Crippen molar-refractivity contribution < 1.29 is 9.59 Å². The van der Waals surface area contributed by atoms with Crippen LogP contribution in [0.1, 0.15) is 52.9 Å². The van der Waals surface area contributed by atoms with Crippen LogP contribution in [0.2, 0.25) is 0 Å². The van der Waals surface area contributed by atoms with Crippen LogP contribution in [-0.4, -0.2) is 35.8 Å². The lowest BCUT2D eigenvalue weighted by atomic mass is 9.95. The maximum absolute atomic E-state index is 11.9. The highest BCUT2D eigenvalue weighted by atomic mass is 16.2. The van der Waals surface area contributed by atoms with Crippen LogP contribution in [0.15, 0.2) is 0 Å². The molecule has 2 amide bonds. The van der Waals surface area contributed by atoms with E-state index in [1.165, 1.54) is 26.2 Å². The van der Waals surface area contributed by atoms with Crippen molar-refractivity contribution in [3.05, 3.63) is 0 Å². The first-order valence-electron chi connectivity index (χ1n) is 7.04. The van der Waals surface area contributed by atoms with E-state index in [1.54, 1.807) is 4.90 Å². The maximum atomic E-state index is 11.9. The summed E-state index contributed by atoms with van der Waals surface area (Å²) in [6.45, 7) is 6.47. The Hall–Kier alpha value is -1.06. The van der Waals surface area contributed by atoms with Gasteiger partial charge in [0, 0.05) is 19.5 Å². The van der Waals surface area contributed by atoms with E-state index in [-0.39, 0.29) is 18.4 Å². The van der Waals surface area contributed by atoms with E-state index in [0.29, 0.717) is 18.5 Å². The Balaban J connectivity index is 2.37. The fraction of sp³-hybridized carbons (Fsp3) is 0.857. The zero-order valence-electron chi connectivity index (χ0n) is 11.9. The number of rotatable bonds is 5. The monoisotopic (exact) mass is 254 g/mol. The Kier molecular flexibility index (Phi) is 6.16. The molecule has 0 spiro atoms. The van der Waals surface area contributed by atoms with Gasteiger partial charge in [0.15, 0.2) is 0 Å². The van der Waals surface area contributed by atoms with Crippen LogP contribution in [-0.2, 0) is 9.59 Å². The minimum Gasteiger partial charge on any atom is -0.352 e. The number of hydrogen-bond acceptors (Lipinski definition) is 2. The first-order chi connectivity index (χ1) is 8.49. The molecule has 1 fully saturated rings. The molecule has 0 bridgehead atoms. The summed E-state index contributed by atoms with van der Waals surface area (Å²) in [4.78, 5) is 25.0. The lowest BCUT2D eigenvalue weighted by Gasteiger charge is -2.26. The first-order valence-corrected chi connectivity index (χ1v) is 7.04. The third-order valence-corrected chi connectivity index (χ3v) is 3.34. The van der Waals surface area contributed by atoms with Crippen molar-refractivity contribution in [2.45, 2.75) is 58.9 Å². The topological polar surface area (TPSA) is 49.4 Å².